The Hall–Kier alpha value is -3.67. The van der Waals surface area contributed by atoms with E-state index in [0.29, 0.717) is 17.5 Å². The molecule has 4 rings (SSSR count). The first-order valence-electron chi connectivity index (χ1n) is 9.20. The largest absolute Gasteiger partial charge is 0.360 e. The second-order valence-electron chi connectivity index (χ2n) is 6.33. The zero-order valence-electron chi connectivity index (χ0n) is 15.8. The number of aromatic nitrogens is 3. The minimum atomic E-state index is 0.615. The Morgan fingerprint density at radius 2 is 1.61 bits per heavy atom. The predicted molar refractivity (Wildman–Crippen MR) is 111 cm³/mol. The van der Waals surface area contributed by atoms with E-state index in [-0.39, 0.29) is 0 Å². The van der Waals surface area contributed by atoms with Crippen LogP contribution < -0.4 is 10.2 Å². The van der Waals surface area contributed by atoms with Gasteiger partial charge in [0.25, 0.3) is 0 Å². The van der Waals surface area contributed by atoms with E-state index in [2.05, 4.69) is 39.4 Å². The van der Waals surface area contributed by atoms with Gasteiger partial charge in [0, 0.05) is 29.9 Å². The minimum absolute atomic E-state index is 0.615. The first-order valence-corrected chi connectivity index (χ1v) is 9.20. The van der Waals surface area contributed by atoms with Crippen molar-refractivity contribution in [2.24, 2.45) is 0 Å². The fourth-order valence-corrected chi connectivity index (χ4v) is 2.99. The molecule has 6 nitrogen and oxygen atoms in total. The van der Waals surface area contributed by atoms with Crippen LogP contribution in [-0.4, -0.2) is 21.7 Å². The molecule has 140 valence electrons. The molecule has 28 heavy (non-hydrogen) atoms. The molecule has 1 N–H and O–H groups in total. The quantitative estimate of drug-likeness (QED) is 0.493. The van der Waals surface area contributed by atoms with Gasteiger partial charge in [0.05, 0.1) is 0 Å². The average Bonchev–Trinajstić information content (AvgIpc) is 3.14. The normalized spacial score (nSPS) is 10.6. The van der Waals surface area contributed by atoms with Crippen LogP contribution in [0, 0.1) is 6.92 Å². The predicted octanol–water partition coefficient (Wildman–Crippen LogP) is 5.34. The number of benzene rings is 2. The van der Waals surface area contributed by atoms with Gasteiger partial charge >= 0.3 is 0 Å². The maximum absolute atomic E-state index is 5.15. The number of nitrogens with zero attached hydrogens (tertiary/aromatic N) is 4. The van der Waals surface area contributed by atoms with Crippen molar-refractivity contribution in [3.05, 3.63) is 78.6 Å². The number of anilines is 4. The van der Waals surface area contributed by atoms with Crippen molar-refractivity contribution in [1.82, 2.24) is 15.1 Å². The third kappa shape index (κ3) is 3.86. The molecular formula is C22H21N5O. The summed E-state index contributed by atoms with van der Waals surface area (Å²) in [6, 6.07) is 23.9. The lowest BCUT2D eigenvalue weighted by atomic mass is 10.2. The van der Waals surface area contributed by atoms with E-state index in [1.54, 1.807) is 0 Å². The summed E-state index contributed by atoms with van der Waals surface area (Å²) in [5, 5.41) is 7.23. The summed E-state index contributed by atoms with van der Waals surface area (Å²) < 4.78 is 5.15. The molecule has 0 amide bonds. The third-order valence-corrected chi connectivity index (χ3v) is 4.29. The third-order valence-electron chi connectivity index (χ3n) is 4.29. The summed E-state index contributed by atoms with van der Waals surface area (Å²) in [4.78, 5) is 11.7. The number of aryl methyl sites for hydroxylation is 1. The summed E-state index contributed by atoms with van der Waals surface area (Å²) >= 11 is 0. The average molecular weight is 371 g/mol. The van der Waals surface area contributed by atoms with Gasteiger partial charge in [-0.3, -0.25) is 0 Å². The summed E-state index contributed by atoms with van der Waals surface area (Å²) in [6.45, 7) is 4.73. The lowest BCUT2D eigenvalue weighted by molar-refractivity contribution is 0.400. The fraction of sp³-hybridized carbons (Fsp3) is 0.136. The monoisotopic (exact) mass is 371 g/mol. The highest BCUT2D eigenvalue weighted by molar-refractivity contribution is 5.68. The number of hydrogen-bond acceptors (Lipinski definition) is 6. The molecular weight excluding hydrogens is 350 g/mol. The smallest absolute Gasteiger partial charge is 0.175 e. The molecule has 0 aliphatic heterocycles. The Labute approximate surface area is 163 Å². The van der Waals surface area contributed by atoms with Crippen LogP contribution in [-0.2, 0) is 0 Å². The second-order valence-corrected chi connectivity index (χ2v) is 6.33. The van der Waals surface area contributed by atoms with Crippen molar-refractivity contribution in [3.8, 4) is 11.4 Å². The molecule has 0 aliphatic carbocycles. The van der Waals surface area contributed by atoms with Gasteiger partial charge in [-0.05, 0) is 26.0 Å². The molecule has 0 bridgehead atoms. The first-order chi connectivity index (χ1) is 13.7. The molecule has 0 saturated heterocycles. The van der Waals surface area contributed by atoms with E-state index < -0.39 is 0 Å². The SMILES string of the molecule is CCN(c1ccccc1)c1cc(Nc2cc(C)on2)nc(-c2ccccc2)n1. The van der Waals surface area contributed by atoms with Crippen LogP contribution in [0.25, 0.3) is 11.4 Å². The lowest BCUT2D eigenvalue weighted by Gasteiger charge is -2.23. The molecule has 0 radical (unpaired) electrons. The van der Waals surface area contributed by atoms with E-state index in [9.17, 15) is 0 Å². The molecule has 6 heteroatoms. The van der Waals surface area contributed by atoms with Gasteiger partial charge in [0.2, 0.25) is 0 Å². The molecule has 0 atom stereocenters. The molecule has 4 aromatic rings. The van der Waals surface area contributed by atoms with Crippen molar-refractivity contribution in [2.45, 2.75) is 13.8 Å². The highest BCUT2D eigenvalue weighted by Gasteiger charge is 2.14. The maximum Gasteiger partial charge on any atom is 0.175 e. The van der Waals surface area contributed by atoms with Crippen molar-refractivity contribution in [2.75, 3.05) is 16.8 Å². The van der Waals surface area contributed by atoms with Gasteiger partial charge in [-0.1, -0.05) is 53.7 Å². The van der Waals surface area contributed by atoms with E-state index >= 15 is 0 Å². The zero-order chi connectivity index (χ0) is 19.3. The first kappa shape index (κ1) is 17.7. The standard InChI is InChI=1S/C22H21N5O/c1-3-27(18-12-8-5-9-13-18)21-15-19(23-20-14-16(2)28-26-20)24-22(25-21)17-10-6-4-7-11-17/h4-15H,3H2,1-2H3,(H,23,24,25,26). The van der Waals surface area contributed by atoms with Crippen LogP contribution in [0.5, 0.6) is 0 Å². The topological polar surface area (TPSA) is 67.1 Å². The van der Waals surface area contributed by atoms with Gasteiger partial charge < -0.3 is 14.7 Å². The Balaban J connectivity index is 1.79. The van der Waals surface area contributed by atoms with Crippen LogP contribution in [0.2, 0.25) is 0 Å². The van der Waals surface area contributed by atoms with Crippen LogP contribution in [0.1, 0.15) is 12.7 Å². The fourth-order valence-electron chi connectivity index (χ4n) is 2.99. The highest BCUT2D eigenvalue weighted by Crippen LogP contribution is 2.28. The molecule has 0 aliphatic rings. The van der Waals surface area contributed by atoms with Crippen molar-refractivity contribution in [3.63, 3.8) is 0 Å². The van der Waals surface area contributed by atoms with Crippen LogP contribution in [0.3, 0.4) is 0 Å². The molecule has 0 spiro atoms. The Kier molecular flexibility index (Phi) is 5.01. The van der Waals surface area contributed by atoms with Crippen LogP contribution in [0.4, 0.5) is 23.1 Å². The van der Waals surface area contributed by atoms with E-state index in [1.165, 1.54) is 0 Å². The highest BCUT2D eigenvalue weighted by atomic mass is 16.5. The Morgan fingerprint density at radius 1 is 0.893 bits per heavy atom. The number of hydrogen-bond donors (Lipinski definition) is 1. The van der Waals surface area contributed by atoms with Crippen molar-refractivity contribution < 1.29 is 4.52 Å². The van der Waals surface area contributed by atoms with Gasteiger partial charge in [0.1, 0.15) is 17.4 Å². The van der Waals surface area contributed by atoms with Crippen LogP contribution in [0.15, 0.2) is 77.3 Å². The number of rotatable bonds is 6. The molecule has 2 aromatic carbocycles. The number of para-hydroxylation sites is 1. The molecule has 0 fully saturated rings. The molecule has 0 unspecified atom stereocenters. The van der Waals surface area contributed by atoms with E-state index in [1.807, 2.05) is 67.6 Å². The maximum atomic E-state index is 5.15. The van der Waals surface area contributed by atoms with Crippen molar-refractivity contribution >= 4 is 23.1 Å². The van der Waals surface area contributed by atoms with Gasteiger partial charge in [0.15, 0.2) is 11.6 Å². The summed E-state index contributed by atoms with van der Waals surface area (Å²) in [7, 11) is 0. The van der Waals surface area contributed by atoms with Gasteiger partial charge in [-0.15, -0.1) is 0 Å². The van der Waals surface area contributed by atoms with Gasteiger partial charge in [-0.25, -0.2) is 9.97 Å². The zero-order valence-corrected chi connectivity index (χ0v) is 15.8. The summed E-state index contributed by atoms with van der Waals surface area (Å²) in [6.07, 6.45) is 0. The van der Waals surface area contributed by atoms with E-state index in [0.717, 1.165) is 29.4 Å². The van der Waals surface area contributed by atoms with Gasteiger partial charge in [-0.2, -0.15) is 0 Å². The molecule has 2 aromatic heterocycles. The van der Waals surface area contributed by atoms with Crippen molar-refractivity contribution in [1.29, 1.82) is 0 Å². The van der Waals surface area contributed by atoms with E-state index in [4.69, 9.17) is 9.51 Å². The lowest BCUT2D eigenvalue weighted by Crippen LogP contribution is -2.18. The van der Waals surface area contributed by atoms with Crippen LogP contribution >= 0.6 is 0 Å². The molecule has 2 heterocycles. The summed E-state index contributed by atoms with van der Waals surface area (Å²) in [5.41, 5.74) is 2.03. The Morgan fingerprint density at radius 3 is 2.25 bits per heavy atom. The summed E-state index contributed by atoms with van der Waals surface area (Å²) in [5.74, 6) is 3.47. The second kappa shape index (κ2) is 7.92. The Bertz CT molecular complexity index is 1050. The molecule has 0 saturated carbocycles. The minimum Gasteiger partial charge on any atom is -0.360 e. The number of nitrogens with one attached hydrogen (secondary N) is 1.